The van der Waals surface area contributed by atoms with E-state index in [0.717, 1.165) is 4.90 Å². The molecule has 0 aliphatic heterocycles. The predicted octanol–water partition coefficient (Wildman–Crippen LogP) is 4.52. The summed E-state index contributed by atoms with van der Waals surface area (Å²) in [7, 11) is 0. The molecule has 0 amide bonds. The first-order chi connectivity index (χ1) is 12.6. The molecule has 0 radical (unpaired) electrons. The van der Waals surface area contributed by atoms with Gasteiger partial charge in [0.25, 0.3) is 5.69 Å². The topological polar surface area (TPSA) is 77.3 Å². The molecule has 0 N–H and O–H groups in total. The molecule has 0 spiro atoms. The lowest BCUT2D eigenvalue weighted by molar-refractivity contribution is -0.385. The fraction of sp³-hybridized carbons (Fsp3) is 0. The van der Waals surface area contributed by atoms with Crippen LogP contribution in [0, 0.1) is 10.1 Å². The average Bonchev–Trinajstić information content (AvgIpc) is 2.66. The number of ketones is 2. The van der Waals surface area contributed by atoms with Gasteiger partial charge in [0.05, 0.1) is 10.5 Å². The van der Waals surface area contributed by atoms with Gasteiger partial charge in [0.15, 0.2) is 5.78 Å². The third-order valence-electron chi connectivity index (χ3n) is 4.18. The highest BCUT2D eigenvalue weighted by Gasteiger charge is 2.37. The third-order valence-corrected chi connectivity index (χ3v) is 5.25. The Morgan fingerprint density at radius 3 is 1.92 bits per heavy atom. The van der Waals surface area contributed by atoms with Gasteiger partial charge in [0, 0.05) is 27.0 Å². The molecular weight excluding hydrogens is 350 g/mol. The van der Waals surface area contributed by atoms with E-state index in [0.29, 0.717) is 4.90 Å². The van der Waals surface area contributed by atoms with Gasteiger partial charge in [0.1, 0.15) is 5.56 Å². The Balaban J connectivity index is 1.96. The number of rotatable bonds is 3. The van der Waals surface area contributed by atoms with Gasteiger partial charge >= 0.3 is 0 Å². The largest absolute Gasteiger partial charge is 0.289 e. The number of hydrogen-bond acceptors (Lipinski definition) is 5. The van der Waals surface area contributed by atoms with Crippen LogP contribution in [-0.2, 0) is 0 Å². The van der Waals surface area contributed by atoms with Crippen LogP contribution >= 0.6 is 11.8 Å². The molecule has 26 heavy (non-hydrogen) atoms. The van der Waals surface area contributed by atoms with E-state index in [1.807, 2.05) is 30.3 Å². The quantitative estimate of drug-likeness (QED) is 0.396. The number of nitrogens with zero attached hydrogens (tertiary/aromatic N) is 1. The number of nitro groups is 1. The Kier molecular flexibility index (Phi) is 3.89. The Morgan fingerprint density at radius 1 is 0.731 bits per heavy atom. The predicted molar refractivity (Wildman–Crippen MR) is 97.0 cm³/mol. The highest BCUT2D eigenvalue weighted by Crippen LogP contribution is 2.40. The maximum atomic E-state index is 13.1. The lowest BCUT2D eigenvalue weighted by Crippen LogP contribution is -2.23. The standard InChI is InChI=1S/C20H11NO4S/c22-19-13-8-4-5-9-14(13)20(23)18-16(26-12-6-2-1-3-7-12)11-10-15(17(18)19)21(24)25/h1-11H. The van der Waals surface area contributed by atoms with Crippen molar-refractivity contribution < 1.29 is 14.5 Å². The minimum absolute atomic E-state index is 0.108. The van der Waals surface area contributed by atoms with Gasteiger partial charge in [-0.05, 0) is 18.2 Å². The zero-order chi connectivity index (χ0) is 18.3. The van der Waals surface area contributed by atoms with Gasteiger partial charge in [-0.25, -0.2) is 0 Å². The second kappa shape index (κ2) is 6.24. The van der Waals surface area contributed by atoms with Crippen molar-refractivity contribution in [3.8, 4) is 0 Å². The van der Waals surface area contributed by atoms with Crippen LogP contribution in [0.5, 0.6) is 0 Å². The molecule has 6 heteroatoms. The summed E-state index contributed by atoms with van der Waals surface area (Å²) in [5.41, 5.74) is 0.122. The van der Waals surface area contributed by atoms with E-state index >= 15 is 0 Å². The molecule has 0 unspecified atom stereocenters. The summed E-state index contributed by atoms with van der Waals surface area (Å²) in [5, 5.41) is 11.4. The maximum absolute atomic E-state index is 13.1. The molecule has 0 aromatic heterocycles. The molecule has 0 atom stereocenters. The van der Waals surface area contributed by atoms with Crippen molar-refractivity contribution in [1.29, 1.82) is 0 Å². The van der Waals surface area contributed by atoms with Gasteiger partial charge in [-0.15, -0.1) is 0 Å². The van der Waals surface area contributed by atoms with E-state index in [9.17, 15) is 19.7 Å². The monoisotopic (exact) mass is 361 g/mol. The Bertz CT molecular complexity index is 1080. The van der Waals surface area contributed by atoms with E-state index in [1.54, 1.807) is 18.2 Å². The minimum Gasteiger partial charge on any atom is -0.289 e. The summed E-state index contributed by atoms with van der Waals surface area (Å²) in [6.45, 7) is 0. The first-order valence-electron chi connectivity index (χ1n) is 7.80. The summed E-state index contributed by atoms with van der Waals surface area (Å²) in [6.07, 6.45) is 0. The molecule has 0 bridgehead atoms. The van der Waals surface area contributed by atoms with E-state index in [2.05, 4.69) is 0 Å². The number of fused-ring (bicyclic) bond motifs is 2. The molecule has 1 aliphatic carbocycles. The van der Waals surface area contributed by atoms with E-state index < -0.39 is 10.7 Å². The Hall–Kier alpha value is -3.25. The molecule has 5 nitrogen and oxygen atoms in total. The SMILES string of the molecule is O=C1c2ccccc2C(=O)c2c([N+](=O)[O-])ccc(Sc3ccccc3)c21. The molecular formula is C20H11NO4S. The molecule has 0 fully saturated rings. The van der Waals surface area contributed by atoms with Crippen molar-refractivity contribution in [1.82, 2.24) is 0 Å². The number of carbonyl (C=O) groups excluding carboxylic acids is 2. The van der Waals surface area contributed by atoms with Crippen molar-refractivity contribution in [2.45, 2.75) is 9.79 Å². The van der Waals surface area contributed by atoms with Gasteiger partial charge in [-0.3, -0.25) is 19.7 Å². The highest BCUT2D eigenvalue weighted by atomic mass is 32.2. The second-order valence-corrected chi connectivity index (χ2v) is 6.82. The molecule has 0 heterocycles. The maximum Gasteiger partial charge on any atom is 0.281 e. The van der Waals surface area contributed by atoms with E-state index in [-0.39, 0.29) is 33.7 Å². The minimum atomic E-state index is -0.616. The van der Waals surface area contributed by atoms with E-state index in [1.165, 1.54) is 30.0 Å². The van der Waals surface area contributed by atoms with Gasteiger partial charge in [-0.1, -0.05) is 54.2 Å². The lowest BCUT2D eigenvalue weighted by Gasteiger charge is -2.19. The van der Waals surface area contributed by atoms with Crippen LogP contribution in [0.3, 0.4) is 0 Å². The van der Waals surface area contributed by atoms with Crippen LogP contribution in [0.15, 0.2) is 76.5 Å². The van der Waals surface area contributed by atoms with Crippen LogP contribution in [0.1, 0.15) is 31.8 Å². The number of hydrogen-bond donors (Lipinski definition) is 0. The van der Waals surface area contributed by atoms with Gasteiger partial charge < -0.3 is 0 Å². The summed E-state index contributed by atoms with van der Waals surface area (Å²) in [5.74, 6) is -0.852. The second-order valence-electron chi connectivity index (χ2n) is 5.71. The summed E-state index contributed by atoms with van der Waals surface area (Å²) < 4.78 is 0. The molecule has 3 aromatic rings. The molecule has 4 rings (SSSR count). The van der Waals surface area contributed by atoms with Crippen LogP contribution in [0.4, 0.5) is 5.69 Å². The summed E-state index contributed by atoms with van der Waals surface area (Å²) in [6, 6.07) is 18.6. The zero-order valence-electron chi connectivity index (χ0n) is 13.3. The molecule has 0 saturated heterocycles. The highest BCUT2D eigenvalue weighted by molar-refractivity contribution is 7.99. The number of benzene rings is 3. The smallest absolute Gasteiger partial charge is 0.281 e. The van der Waals surface area contributed by atoms with Crippen molar-refractivity contribution >= 4 is 29.0 Å². The fourth-order valence-corrected chi connectivity index (χ4v) is 4.01. The first kappa shape index (κ1) is 16.2. The number of carbonyl (C=O) groups is 2. The van der Waals surface area contributed by atoms with Crippen LogP contribution in [0.2, 0.25) is 0 Å². The molecule has 3 aromatic carbocycles. The third kappa shape index (κ3) is 2.51. The summed E-state index contributed by atoms with van der Waals surface area (Å²) >= 11 is 1.31. The van der Waals surface area contributed by atoms with Crippen LogP contribution in [0.25, 0.3) is 0 Å². The van der Waals surface area contributed by atoms with Crippen LogP contribution < -0.4 is 0 Å². The van der Waals surface area contributed by atoms with Gasteiger partial charge in [0.2, 0.25) is 5.78 Å². The van der Waals surface area contributed by atoms with Crippen molar-refractivity contribution in [2.24, 2.45) is 0 Å². The van der Waals surface area contributed by atoms with Crippen molar-refractivity contribution in [3.05, 3.63) is 99.1 Å². The van der Waals surface area contributed by atoms with Crippen molar-refractivity contribution in [3.63, 3.8) is 0 Å². The normalized spacial score (nSPS) is 12.5. The molecule has 0 saturated carbocycles. The van der Waals surface area contributed by atoms with E-state index in [4.69, 9.17) is 0 Å². The Morgan fingerprint density at radius 2 is 1.31 bits per heavy atom. The fourth-order valence-electron chi connectivity index (χ4n) is 3.03. The molecule has 1 aliphatic rings. The first-order valence-corrected chi connectivity index (χ1v) is 8.62. The lowest BCUT2D eigenvalue weighted by atomic mass is 9.83. The van der Waals surface area contributed by atoms with Crippen LogP contribution in [-0.4, -0.2) is 16.5 Å². The average molecular weight is 361 g/mol. The van der Waals surface area contributed by atoms with Crippen molar-refractivity contribution in [2.75, 3.05) is 0 Å². The summed E-state index contributed by atoms with van der Waals surface area (Å²) in [4.78, 5) is 38.2. The zero-order valence-corrected chi connectivity index (χ0v) is 14.2. The molecule has 126 valence electrons. The van der Waals surface area contributed by atoms with Gasteiger partial charge in [-0.2, -0.15) is 0 Å². The Labute approximate surface area is 152 Å². The number of nitro benzene ring substituents is 1.